The number of hydrogen-bond donors (Lipinski definition) is 11. The van der Waals surface area contributed by atoms with Gasteiger partial charge in [0.1, 0.15) is 24.2 Å². The molecule has 21 nitrogen and oxygen atoms in total. The standard InChI is InChI=1S/C24H42N8O13/c25-7-1-2-8-26-20(38)16(6-4-10-32(45)14-36)28-22(40)17(11-33)29-23(41)18(19(37)24(42)43)30-21(39)15(27-12-34)5-3-9-31(44)13-35/h12-19,33,37,44-45H,1-11,25H2,(H,26,38)(H,27,34)(H,28,40)(H,29,41)(H,30,39)(H,42,43)/t15-,16-,17-,18+,19+/m0/s1. The van der Waals surface area contributed by atoms with Gasteiger partial charge in [0.15, 0.2) is 6.10 Å². The summed E-state index contributed by atoms with van der Waals surface area (Å²) in [5.74, 6) is -6.34. The van der Waals surface area contributed by atoms with E-state index in [2.05, 4.69) is 16.0 Å². The summed E-state index contributed by atoms with van der Waals surface area (Å²) in [6.45, 7) is -0.939. The van der Waals surface area contributed by atoms with E-state index in [1.54, 1.807) is 0 Å². The number of unbranched alkanes of at least 4 members (excludes halogenated alkanes) is 1. The fraction of sp³-hybridized carbons (Fsp3) is 0.667. The minimum Gasteiger partial charge on any atom is -0.479 e. The van der Waals surface area contributed by atoms with Crippen molar-refractivity contribution in [3.8, 4) is 0 Å². The van der Waals surface area contributed by atoms with Crippen LogP contribution in [0.5, 0.6) is 0 Å². The van der Waals surface area contributed by atoms with Crippen LogP contribution >= 0.6 is 0 Å². The molecule has 0 aromatic heterocycles. The highest BCUT2D eigenvalue weighted by molar-refractivity contribution is 5.97. The summed E-state index contributed by atoms with van der Waals surface area (Å²) >= 11 is 0. The molecule has 0 aliphatic carbocycles. The topological polar surface area (TPSA) is 330 Å². The normalized spacial score (nSPS) is 13.9. The van der Waals surface area contributed by atoms with E-state index in [1.165, 1.54) is 0 Å². The highest BCUT2D eigenvalue weighted by Gasteiger charge is 2.37. The first-order chi connectivity index (χ1) is 21.4. The van der Waals surface area contributed by atoms with Crippen molar-refractivity contribution in [3.05, 3.63) is 0 Å². The third-order valence-corrected chi connectivity index (χ3v) is 6.12. The number of aliphatic carboxylic acids is 1. The number of rotatable bonds is 26. The Hall–Kier alpha value is -4.44. The molecule has 21 heteroatoms. The fourth-order valence-electron chi connectivity index (χ4n) is 3.68. The van der Waals surface area contributed by atoms with Gasteiger partial charge in [0.25, 0.3) is 0 Å². The maximum Gasteiger partial charge on any atom is 0.335 e. The molecule has 0 aliphatic rings. The lowest BCUT2D eigenvalue weighted by Crippen LogP contribution is -2.62. The minimum atomic E-state index is -2.57. The number of hydrogen-bond acceptors (Lipinski definition) is 13. The first-order valence-electron chi connectivity index (χ1n) is 13.8. The Morgan fingerprint density at radius 3 is 1.76 bits per heavy atom. The van der Waals surface area contributed by atoms with Gasteiger partial charge in [-0.1, -0.05) is 0 Å². The Kier molecular flexibility index (Phi) is 20.7. The number of amides is 7. The van der Waals surface area contributed by atoms with E-state index in [9.17, 15) is 64.1 Å². The Bertz CT molecular complexity index is 989. The fourth-order valence-corrected chi connectivity index (χ4v) is 3.68. The molecule has 5 atom stereocenters. The smallest absolute Gasteiger partial charge is 0.335 e. The molecule has 0 fully saturated rings. The Labute approximate surface area is 257 Å². The van der Waals surface area contributed by atoms with E-state index in [4.69, 9.17) is 5.73 Å². The van der Waals surface area contributed by atoms with Gasteiger partial charge in [-0.15, -0.1) is 0 Å². The van der Waals surface area contributed by atoms with Crippen LogP contribution in [0.25, 0.3) is 0 Å². The maximum atomic E-state index is 13.0. The van der Waals surface area contributed by atoms with E-state index in [0.29, 0.717) is 24.4 Å². The molecule has 45 heavy (non-hydrogen) atoms. The number of carboxylic acid groups (broad SMARTS) is 1. The summed E-state index contributed by atoms with van der Waals surface area (Å²) in [5, 5.41) is 59.1. The molecule has 256 valence electrons. The Morgan fingerprint density at radius 1 is 0.733 bits per heavy atom. The predicted molar refractivity (Wildman–Crippen MR) is 148 cm³/mol. The lowest BCUT2D eigenvalue weighted by atomic mass is 10.1. The van der Waals surface area contributed by atoms with Crippen LogP contribution in [0, 0.1) is 0 Å². The molecule has 0 saturated heterocycles. The zero-order valence-corrected chi connectivity index (χ0v) is 24.4. The van der Waals surface area contributed by atoms with Gasteiger partial charge in [-0.25, -0.2) is 14.9 Å². The molecule has 0 aromatic carbocycles. The molecule has 0 rings (SSSR count). The van der Waals surface area contributed by atoms with E-state index in [-0.39, 0.29) is 69.6 Å². The predicted octanol–water partition coefficient (Wildman–Crippen LogP) is -5.90. The van der Waals surface area contributed by atoms with Gasteiger partial charge in [-0.3, -0.25) is 44.0 Å². The van der Waals surface area contributed by atoms with Crippen molar-refractivity contribution < 1.29 is 64.1 Å². The second-order valence-electron chi connectivity index (χ2n) is 9.52. The number of nitrogens with zero attached hydrogens (tertiary/aromatic N) is 2. The van der Waals surface area contributed by atoms with Crippen molar-refractivity contribution in [2.24, 2.45) is 5.73 Å². The monoisotopic (exact) mass is 650 g/mol. The molecular weight excluding hydrogens is 608 g/mol. The molecule has 0 spiro atoms. The van der Waals surface area contributed by atoms with Crippen molar-refractivity contribution in [1.29, 1.82) is 0 Å². The van der Waals surface area contributed by atoms with E-state index < -0.39 is 66.5 Å². The van der Waals surface area contributed by atoms with Crippen LogP contribution < -0.4 is 32.3 Å². The maximum absolute atomic E-state index is 13.0. The van der Waals surface area contributed by atoms with Gasteiger partial charge < -0.3 is 47.6 Å². The average molecular weight is 651 g/mol. The minimum absolute atomic E-state index is 0.0347. The highest BCUT2D eigenvalue weighted by atomic mass is 16.5. The van der Waals surface area contributed by atoms with Crippen LogP contribution in [0.1, 0.15) is 38.5 Å². The van der Waals surface area contributed by atoms with E-state index >= 15 is 0 Å². The van der Waals surface area contributed by atoms with Crippen molar-refractivity contribution in [3.63, 3.8) is 0 Å². The third kappa shape index (κ3) is 16.3. The van der Waals surface area contributed by atoms with Gasteiger partial charge in [0, 0.05) is 19.6 Å². The molecule has 12 N–H and O–H groups in total. The van der Waals surface area contributed by atoms with Crippen molar-refractivity contribution in [2.75, 3.05) is 32.8 Å². The van der Waals surface area contributed by atoms with Gasteiger partial charge in [0.05, 0.1) is 6.61 Å². The van der Waals surface area contributed by atoms with Crippen LogP contribution in [0.2, 0.25) is 0 Å². The Morgan fingerprint density at radius 2 is 1.27 bits per heavy atom. The third-order valence-electron chi connectivity index (χ3n) is 6.12. The number of carbonyl (C=O) groups is 8. The molecule has 7 amide bonds. The second-order valence-corrected chi connectivity index (χ2v) is 9.52. The first kappa shape index (κ1) is 40.6. The molecule has 0 aliphatic heterocycles. The van der Waals surface area contributed by atoms with Crippen LogP contribution in [0.3, 0.4) is 0 Å². The Balaban J connectivity index is 5.72. The number of nitrogens with one attached hydrogen (secondary N) is 5. The van der Waals surface area contributed by atoms with E-state index in [1.807, 2.05) is 10.6 Å². The number of aliphatic hydroxyl groups is 2. The molecule has 0 aromatic rings. The summed E-state index contributed by atoms with van der Waals surface area (Å²) in [6.07, 6.45) is -1.41. The van der Waals surface area contributed by atoms with Crippen molar-refractivity contribution >= 4 is 48.8 Å². The summed E-state index contributed by atoms with van der Waals surface area (Å²) in [5.41, 5.74) is 5.42. The average Bonchev–Trinajstić information content (AvgIpc) is 3.02. The van der Waals surface area contributed by atoms with Crippen LogP contribution in [0.4, 0.5) is 0 Å². The summed E-state index contributed by atoms with van der Waals surface area (Å²) < 4.78 is 0. The van der Waals surface area contributed by atoms with Crippen LogP contribution in [-0.2, 0) is 38.4 Å². The number of aliphatic hydroxyl groups excluding tert-OH is 2. The number of hydroxylamine groups is 4. The van der Waals surface area contributed by atoms with Crippen molar-refractivity contribution in [1.82, 2.24) is 36.7 Å². The summed E-state index contributed by atoms with van der Waals surface area (Å²) in [4.78, 5) is 94.9. The quantitative estimate of drug-likeness (QED) is 0.0180. The van der Waals surface area contributed by atoms with Gasteiger partial charge >= 0.3 is 5.97 Å². The summed E-state index contributed by atoms with van der Waals surface area (Å²) in [7, 11) is 0. The molecule has 0 bridgehead atoms. The van der Waals surface area contributed by atoms with Crippen molar-refractivity contribution in [2.45, 2.75) is 68.8 Å². The number of carbonyl (C=O) groups excluding carboxylic acids is 7. The lowest BCUT2D eigenvalue weighted by molar-refractivity contribution is -0.152. The lowest BCUT2D eigenvalue weighted by Gasteiger charge is -2.26. The van der Waals surface area contributed by atoms with Gasteiger partial charge in [0.2, 0.25) is 42.9 Å². The molecule has 0 heterocycles. The first-order valence-corrected chi connectivity index (χ1v) is 13.8. The van der Waals surface area contributed by atoms with Gasteiger partial charge in [-0.2, -0.15) is 0 Å². The van der Waals surface area contributed by atoms with Gasteiger partial charge in [-0.05, 0) is 45.1 Å². The largest absolute Gasteiger partial charge is 0.479 e. The molecular formula is C24H42N8O13. The molecule has 0 radical (unpaired) electrons. The van der Waals surface area contributed by atoms with E-state index in [0.717, 1.165) is 0 Å². The van der Waals surface area contributed by atoms with Crippen LogP contribution in [0.15, 0.2) is 0 Å². The second kappa shape index (κ2) is 23.0. The zero-order valence-electron chi connectivity index (χ0n) is 24.4. The number of carboxylic acids is 1. The zero-order chi connectivity index (χ0) is 34.4. The van der Waals surface area contributed by atoms with Crippen LogP contribution in [-0.4, -0.2) is 148 Å². The molecule has 0 saturated carbocycles. The number of nitrogens with two attached hydrogens (primary N) is 1. The molecule has 0 unspecified atom stereocenters. The summed E-state index contributed by atoms with van der Waals surface area (Å²) in [6, 6.07) is -6.75. The SMILES string of the molecule is NCCCCNC(=O)[C@H](CCCN(O)C=O)NC(=O)[C@H](CO)NC(=O)[C@H](NC(=O)[C@H](CCCN(O)C=O)NC=O)[C@@H](O)C(=O)O. The highest BCUT2D eigenvalue weighted by Crippen LogP contribution is 2.04.